The van der Waals surface area contributed by atoms with Crippen LogP contribution in [0.1, 0.15) is 10.4 Å². The average Bonchev–Trinajstić information content (AvgIpc) is 2.61. The molecule has 0 aromatic heterocycles. The smallest absolute Gasteiger partial charge is 0.262 e. The molecule has 0 spiro atoms. The van der Waals surface area contributed by atoms with Crippen molar-refractivity contribution in [2.75, 3.05) is 31.3 Å². The van der Waals surface area contributed by atoms with E-state index in [4.69, 9.17) is 4.74 Å². The fourth-order valence-corrected chi connectivity index (χ4v) is 3.25. The molecule has 1 aliphatic heterocycles. The molecule has 0 saturated heterocycles. The predicted molar refractivity (Wildman–Crippen MR) is 95.8 cm³/mol. The van der Waals surface area contributed by atoms with Gasteiger partial charge >= 0.3 is 0 Å². The highest BCUT2D eigenvalue weighted by atomic mass is 32.2. The van der Waals surface area contributed by atoms with Crippen molar-refractivity contribution in [3.05, 3.63) is 48.0 Å². The van der Waals surface area contributed by atoms with Crippen molar-refractivity contribution in [3.63, 3.8) is 0 Å². The molecular weight excluding hydrogens is 358 g/mol. The lowest BCUT2D eigenvalue weighted by atomic mass is 10.2. The molecule has 26 heavy (non-hydrogen) atoms. The number of hydrogen-bond donors (Lipinski definition) is 2. The van der Waals surface area contributed by atoms with E-state index in [1.807, 2.05) is 0 Å². The van der Waals surface area contributed by atoms with Crippen LogP contribution in [0.4, 0.5) is 11.4 Å². The number of rotatable bonds is 4. The van der Waals surface area contributed by atoms with Crippen LogP contribution in [-0.2, 0) is 14.8 Å². The van der Waals surface area contributed by atoms with E-state index in [1.54, 1.807) is 18.2 Å². The van der Waals surface area contributed by atoms with Gasteiger partial charge in [0.15, 0.2) is 6.61 Å². The molecule has 0 unspecified atom stereocenters. The minimum atomic E-state index is -3.55. The lowest BCUT2D eigenvalue weighted by Gasteiger charge is -2.18. The van der Waals surface area contributed by atoms with Crippen molar-refractivity contribution < 1.29 is 22.7 Å². The molecule has 2 aromatic carbocycles. The third-order valence-corrected chi connectivity index (χ3v) is 5.59. The average molecular weight is 375 g/mol. The molecule has 2 amide bonds. The van der Waals surface area contributed by atoms with Gasteiger partial charge in [-0.1, -0.05) is 0 Å². The molecule has 0 atom stereocenters. The Morgan fingerprint density at radius 3 is 2.50 bits per heavy atom. The van der Waals surface area contributed by atoms with Gasteiger partial charge in [0.05, 0.1) is 10.6 Å². The van der Waals surface area contributed by atoms with Crippen molar-refractivity contribution >= 4 is 33.2 Å². The van der Waals surface area contributed by atoms with Crippen molar-refractivity contribution in [2.24, 2.45) is 0 Å². The Morgan fingerprint density at radius 1 is 1.15 bits per heavy atom. The molecule has 2 aromatic rings. The number of benzene rings is 2. The molecule has 3 rings (SSSR count). The molecule has 0 bridgehead atoms. The summed E-state index contributed by atoms with van der Waals surface area (Å²) in [6.07, 6.45) is 0. The number of sulfonamides is 1. The number of fused-ring (bicyclic) bond motifs is 1. The van der Waals surface area contributed by atoms with Crippen molar-refractivity contribution in [1.82, 2.24) is 4.31 Å². The largest absolute Gasteiger partial charge is 0.482 e. The third-order valence-electron chi connectivity index (χ3n) is 3.77. The summed E-state index contributed by atoms with van der Waals surface area (Å²) >= 11 is 0. The van der Waals surface area contributed by atoms with Gasteiger partial charge in [0.2, 0.25) is 10.0 Å². The SMILES string of the molecule is CN(C)S(=O)(=O)c1ccc(C(=O)Nc2ccc3c(c2)NC(=O)CO3)cc1. The van der Waals surface area contributed by atoms with Gasteiger partial charge in [-0.2, -0.15) is 0 Å². The number of carbonyl (C=O) groups is 2. The van der Waals surface area contributed by atoms with E-state index in [0.717, 1.165) is 4.31 Å². The number of carbonyl (C=O) groups excluding carboxylic acids is 2. The molecule has 9 heteroatoms. The fraction of sp³-hybridized carbons (Fsp3) is 0.176. The van der Waals surface area contributed by atoms with Gasteiger partial charge < -0.3 is 15.4 Å². The van der Waals surface area contributed by atoms with Crippen LogP contribution in [0.15, 0.2) is 47.4 Å². The number of nitrogens with zero attached hydrogens (tertiary/aromatic N) is 1. The Kier molecular flexibility index (Phi) is 4.66. The van der Waals surface area contributed by atoms with E-state index < -0.39 is 15.9 Å². The molecule has 136 valence electrons. The second-order valence-electron chi connectivity index (χ2n) is 5.81. The number of anilines is 2. The molecule has 0 fully saturated rings. The van der Waals surface area contributed by atoms with Crippen LogP contribution in [0.3, 0.4) is 0 Å². The van der Waals surface area contributed by atoms with E-state index >= 15 is 0 Å². The topological polar surface area (TPSA) is 105 Å². The quantitative estimate of drug-likeness (QED) is 0.843. The maximum atomic E-state index is 12.4. The van der Waals surface area contributed by atoms with E-state index in [1.165, 1.54) is 38.4 Å². The van der Waals surface area contributed by atoms with Crippen molar-refractivity contribution in [1.29, 1.82) is 0 Å². The van der Waals surface area contributed by atoms with Gasteiger partial charge in [-0.25, -0.2) is 12.7 Å². The molecule has 0 radical (unpaired) electrons. The van der Waals surface area contributed by atoms with Crippen molar-refractivity contribution in [3.8, 4) is 5.75 Å². The summed E-state index contributed by atoms with van der Waals surface area (Å²) in [4.78, 5) is 23.8. The summed E-state index contributed by atoms with van der Waals surface area (Å²) < 4.78 is 30.5. The Labute approximate surface area is 150 Å². The lowest BCUT2D eigenvalue weighted by Crippen LogP contribution is -2.25. The fourth-order valence-electron chi connectivity index (χ4n) is 2.35. The second kappa shape index (κ2) is 6.77. The van der Waals surface area contributed by atoms with Gasteiger partial charge in [-0.3, -0.25) is 9.59 Å². The van der Waals surface area contributed by atoms with Crippen LogP contribution in [0, 0.1) is 0 Å². The van der Waals surface area contributed by atoms with Crippen LogP contribution < -0.4 is 15.4 Å². The zero-order valence-electron chi connectivity index (χ0n) is 14.1. The van der Waals surface area contributed by atoms with Gasteiger partial charge in [-0.05, 0) is 42.5 Å². The Bertz CT molecular complexity index is 968. The molecule has 0 aliphatic carbocycles. The Hall–Kier alpha value is -2.91. The molecule has 1 heterocycles. The first-order valence-electron chi connectivity index (χ1n) is 7.68. The van der Waals surface area contributed by atoms with Crippen LogP contribution in [0.2, 0.25) is 0 Å². The van der Waals surface area contributed by atoms with Gasteiger partial charge in [0.1, 0.15) is 5.75 Å². The molecule has 0 saturated carbocycles. The number of hydrogen-bond acceptors (Lipinski definition) is 5. The number of ether oxygens (including phenoxy) is 1. The number of nitrogens with one attached hydrogen (secondary N) is 2. The van der Waals surface area contributed by atoms with E-state index in [2.05, 4.69) is 10.6 Å². The molecule has 2 N–H and O–H groups in total. The highest BCUT2D eigenvalue weighted by molar-refractivity contribution is 7.89. The standard InChI is InChI=1S/C17H17N3O5S/c1-20(2)26(23,24)13-6-3-11(4-7-13)17(22)18-12-5-8-15-14(9-12)19-16(21)10-25-15/h3-9H,10H2,1-2H3,(H,18,22)(H,19,21). The van der Waals surface area contributed by atoms with Crippen LogP contribution >= 0.6 is 0 Å². The molecule has 1 aliphatic rings. The number of amides is 2. The van der Waals surface area contributed by atoms with Crippen molar-refractivity contribution in [2.45, 2.75) is 4.90 Å². The van der Waals surface area contributed by atoms with E-state index in [-0.39, 0.29) is 17.4 Å². The highest BCUT2D eigenvalue weighted by Crippen LogP contribution is 2.30. The van der Waals surface area contributed by atoms with Crippen LogP contribution in [-0.4, -0.2) is 45.2 Å². The summed E-state index contributed by atoms with van der Waals surface area (Å²) in [6, 6.07) is 10.5. The Morgan fingerprint density at radius 2 is 1.85 bits per heavy atom. The summed E-state index contributed by atoms with van der Waals surface area (Å²) in [5, 5.41) is 5.36. The first-order valence-corrected chi connectivity index (χ1v) is 9.12. The maximum absolute atomic E-state index is 12.4. The first-order chi connectivity index (χ1) is 12.3. The minimum absolute atomic E-state index is 0.0408. The first kappa shape index (κ1) is 17.9. The zero-order chi connectivity index (χ0) is 18.9. The summed E-state index contributed by atoms with van der Waals surface area (Å²) in [7, 11) is -0.668. The van der Waals surface area contributed by atoms with Gasteiger partial charge in [0.25, 0.3) is 11.8 Å². The van der Waals surface area contributed by atoms with Crippen LogP contribution in [0.5, 0.6) is 5.75 Å². The van der Waals surface area contributed by atoms with Crippen LogP contribution in [0.25, 0.3) is 0 Å². The van der Waals surface area contributed by atoms with E-state index in [0.29, 0.717) is 22.7 Å². The minimum Gasteiger partial charge on any atom is -0.482 e. The molecular formula is C17H17N3O5S. The van der Waals surface area contributed by atoms with E-state index in [9.17, 15) is 18.0 Å². The summed E-state index contributed by atoms with van der Waals surface area (Å²) in [5.41, 5.74) is 1.26. The summed E-state index contributed by atoms with van der Waals surface area (Å²) in [5.74, 6) is -0.138. The Balaban J connectivity index is 1.76. The zero-order valence-corrected chi connectivity index (χ0v) is 15.0. The van der Waals surface area contributed by atoms with Gasteiger partial charge in [-0.15, -0.1) is 0 Å². The highest BCUT2D eigenvalue weighted by Gasteiger charge is 2.19. The second-order valence-corrected chi connectivity index (χ2v) is 7.97. The maximum Gasteiger partial charge on any atom is 0.262 e. The molecule has 8 nitrogen and oxygen atoms in total. The summed E-state index contributed by atoms with van der Waals surface area (Å²) in [6.45, 7) is -0.0408. The predicted octanol–water partition coefficient (Wildman–Crippen LogP) is 1.52. The third kappa shape index (κ3) is 3.53. The monoisotopic (exact) mass is 375 g/mol. The lowest BCUT2D eigenvalue weighted by molar-refractivity contribution is -0.118. The van der Waals surface area contributed by atoms with Gasteiger partial charge in [0, 0.05) is 25.3 Å². The normalized spacial score (nSPS) is 13.6.